The predicted molar refractivity (Wildman–Crippen MR) is 81.1 cm³/mol. The molecule has 0 aliphatic carbocycles. The van der Waals surface area contributed by atoms with Crippen molar-refractivity contribution in [3.63, 3.8) is 0 Å². The number of aromatic nitrogens is 1. The standard InChI is InChI=1S/C14H16BrN3O/c1-9(15)7-18-14(19)12(16)6-10-8-17-13-5-3-2-4-11(10)13/h2-5,8,12,17H,1,6-7,16H2,(H,18,19)/t12-/m0/s1. The zero-order valence-electron chi connectivity index (χ0n) is 10.4. The second kappa shape index (κ2) is 6.04. The van der Waals surface area contributed by atoms with Gasteiger partial charge in [-0.15, -0.1) is 0 Å². The first-order valence-electron chi connectivity index (χ1n) is 5.99. The number of benzene rings is 1. The van der Waals surface area contributed by atoms with E-state index in [2.05, 4.69) is 32.8 Å². The van der Waals surface area contributed by atoms with Gasteiger partial charge in [0.2, 0.25) is 5.91 Å². The number of nitrogens with two attached hydrogens (primary N) is 1. The maximum Gasteiger partial charge on any atom is 0.237 e. The Bertz CT molecular complexity index is 606. The molecule has 4 N–H and O–H groups in total. The third-order valence-electron chi connectivity index (χ3n) is 2.91. The van der Waals surface area contributed by atoms with E-state index in [1.54, 1.807) is 0 Å². The Labute approximate surface area is 120 Å². The van der Waals surface area contributed by atoms with Gasteiger partial charge in [0.15, 0.2) is 0 Å². The van der Waals surface area contributed by atoms with E-state index in [1.165, 1.54) is 0 Å². The molecule has 0 unspecified atom stereocenters. The third-order valence-corrected chi connectivity index (χ3v) is 3.19. The zero-order valence-corrected chi connectivity index (χ0v) is 12.0. The highest BCUT2D eigenvalue weighted by molar-refractivity contribution is 9.11. The molecule has 0 aliphatic heterocycles. The Morgan fingerprint density at radius 1 is 1.47 bits per heavy atom. The summed E-state index contributed by atoms with van der Waals surface area (Å²) in [5.41, 5.74) is 8.02. The molecule has 100 valence electrons. The average molecular weight is 322 g/mol. The number of amides is 1. The molecule has 1 aromatic carbocycles. The van der Waals surface area contributed by atoms with E-state index in [-0.39, 0.29) is 5.91 Å². The lowest BCUT2D eigenvalue weighted by atomic mass is 10.1. The van der Waals surface area contributed by atoms with Crippen molar-refractivity contribution in [3.8, 4) is 0 Å². The lowest BCUT2D eigenvalue weighted by Crippen LogP contribution is -2.42. The van der Waals surface area contributed by atoms with Crippen molar-refractivity contribution in [2.45, 2.75) is 12.5 Å². The predicted octanol–water partition coefficient (Wildman–Crippen LogP) is 2.06. The van der Waals surface area contributed by atoms with Gasteiger partial charge in [-0.05, 0) is 18.1 Å². The van der Waals surface area contributed by atoms with Gasteiger partial charge in [-0.25, -0.2) is 0 Å². The molecule has 0 fully saturated rings. The van der Waals surface area contributed by atoms with Crippen LogP contribution in [0.3, 0.4) is 0 Å². The molecule has 0 spiro atoms. The Hall–Kier alpha value is -1.59. The number of halogens is 1. The quantitative estimate of drug-likeness (QED) is 0.788. The number of nitrogens with one attached hydrogen (secondary N) is 2. The highest BCUT2D eigenvalue weighted by Crippen LogP contribution is 2.18. The van der Waals surface area contributed by atoms with Gasteiger partial charge in [0.1, 0.15) is 0 Å². The van der Waals surface area contributed by atoms with E-state index in [4.69, 9.17) is 5.73 Å². The molecule has 0 bridgehead atoms. The molecule has 2 rings (SSSR count). The number of carbonyl (C=O) groups excluding carboxylic acids is 1. The van der Waals surface area contributed by atoms with Gasteiger partial charge in [-0.2, -0.15) is 0 Å². The van der Waals surface area contributed by atoms with Crippen LogP contribution in [0.4, 0.5) is 0 Å². The number of aromatic amines is 1. The molecule has 1 amide bonds. The van der Waals surface area contributed by atoms with Crippen LogP contribution >= 0.6 is 15.9 Å². The van der Waals surface area contributed by atoms with Crippen molar-refractivity contribution in [2.75, 3.05) is 6.54 Å². The highest BCUT2D eigenvalue weighted by Gasteiger charge is 2.15. The first kappa shape index (κ1) is 13.8. The number of hydrogen-bond donors (Lipinski definition) is 3. The van der Waals surface area contributed by atoms with Crippen molar-refractivity contribution < 1.29 is 4.79 Å². The third kappa shape index (κ3) is 3.45. The molecule has 5 heteroatoms. The van der Waals surface area contributed by atoms with Gasteiger partial charge in [0, 0.05) is 28.1 Å². The zero-order chi connectivity index (χ0) is 13.8. The first-order chi connectivity index (χ1) is 9.08. The van der Waals surface area contributed by atoms with Crippen LogP contribution < -0.4 is 11.1 Å². The highest BCUT2D eigenvalue weighted by atomic mass is 79.9. The van der Waals surface area contributed by atoms with Crippen molar-refractivity contribution in [2.24, 2.45) is 5.73 Å². The van der Waals surface area contributed by atoms with E-state index in [0.717, 1.165) is 20.9 Å². The molecule has 1 atom stereocenters. The number of hydrogen-bond acceptors (Lipinski definition) is 2. The number of rotatable bonds is 5. The topological polar surface area (TPSA) is 70.9 Å². The monoisotopic (exact) mass is 321 g/mol. The molecule has 0 saturated heterocycles. The van der Waals surface area contributed by atoms with Gasteiger partial charge in [0.05, 0.1) is 6.04 Å². The second-order valence-corrected chi connectivity index (χ2v) is 5.53. The summed E-state index contributed by atoms with van der Waals surface area (Å²) in [7, 11) is 0. The summed E-state index contributed by atoms with van der Waals surface area (Å²) < 4.78 is 0.722. The van der Waals surface area contributed by atoms with Crippen LogP contribution in [-0.2, 0) is 11.2 Å². The summed E-state index contributed by atoms with van der Waals surface area (Å²) in [5.74, 6) is -0.175. The van der Waals surface area contributed by atoms with Gasteiger partial charge >= 0.3 is 0 Å². The Morgan fingerprint density at radius 3 is 2.95 bits per heavy atom. The van der Waals surface area contributed by atoms with E-state index < -0.39 is 6.04 Å². The van der Waals surface area contributed by atoms with Gasteiger partial charge in [-0.3, -0.25) is 4.79 Å². The van der Waals surface area contributed by atoms with Crippen molar-refractivity contribution in [1.82, 2.24) is 10.3 Å². The maximum atomic E-state index is 11.8. The Kier molecular flexibility index (Phi) is 4.39. The van der Waals surface area contributed by atoms with Crippen LogP contribution in [-0.4, -0.2) is 23.5 Å². The summed E-state index contributed by atoms with van der Waals surface area (Å²) in [6.07, 6.45) is 2.41. The van der Waals surface area contributed by atoms with Crippen LogP contribution in [0.15, 0.2) is 41.5 Å². The number of fused-ring (bicyclic) bond motifs is 1. The average Bonchev–Trinajstić information content (AvgIpc) is 2.79. The lowest BCUT2D eigenvalue weighted by Gasteiger charge is -2.11. The van der Waals surface area contributed by atoms with Gasteiger partial charge in [0.25, 0.3) is 0 Å². The minimum atomic E-state index is -0.564. The summed E-state index contributed by atoms with van der Waals surface area (Å²) in [6.45, 7) is 4.05. The van der Waals surface area contributed by atoms with Crippen molar-refractivity contribution in [3.05, 3.63) is 47.1 Å². The number of carbonyl (C=O) groups is 1. The molecule has 1 heterocycles. The van der Waals surface area contributed by atoms with E-state index in [1.807, 2.05) is 30.5 Å². The SMILES string of the molecule is C=C(Br)CNC(=O)[C@@H](N)Cc1c[nH]c2ccccc12. The smallest absolute Gasteiger partial charge is 0.237 e. The molecule has 4 nitrogen and oxygen atoms in total. The van der Waals surface area contributed by atoms with Crippen LogP contribution in [0.2, 0.25) is 0 Å². The normalized spacial score (nSPS) is 12.3. The Balaban J connectivity index is 2.04. The summed E-state index contributed by atoms with van der Waals surface area (Å²) in [5, 5.41) is 3.83. The fraction of sp³-hybridized carbons (Fsp3) is 0.214. The number of H-pyrrole nitrogens is 1. The molecule has 19 heavy (non-hydrogen) atoms. The van der Waals surface area contributed by atoms with Crippen molar-refractivity contribution >= 4 is 32.7 Å². The minimum absolute atomic E-state index is 0.175. The van der Waals surface area contributed by atoms with Crippen LogP contribution in [0, 0.1) is 0 Å². The fourth-order valence-electron chi connectivity index (χ4n) is 1.94. The summed E-state index contributed by atoms with van der Waals surface area (Å²) >= 11 is 3.19. The van der Waals surface area contributed by atoms with Gasteiger partial charge in [-0.1, -0.05) is 40.7 Å². The van der Waals surface area contributed by atoms with Gasteiger partial charge < -0.3 is 16.0 Å². The molecular weight excluding hydrogens is 306 g/mol. The number of para-hydroxylation sites is 1. The first-order valence-corrected chi connectivity index (χ1v) is 6.79. The minimum Gasteiger partial charge on any atom is -0.361 e. The van der Waals surface area contributed by atoms with Crippen molar-refractivity contribution in [1.29, 1.82) is 0 Å². The fourth-order valence-corrected chi connectivity index (χ4v) is 2.08. The summed E-state index contributed by atoms with van der Waals surface area (Å²) in [4.78, 5) is 15.0. The maximum absolute atomic E-state index is 11.8. The molecule has 0 radical (unpaired) electrons. The molecule has 0 aliphatic rings. The summed E-state index contributed by atoms with van der Waals surface area (Å²) in [6, 6.07) is 7.40. The van der Waals surface area contributed by atoms with E-state index >= 15 is 0 Å². The Morgan fingerprint density at radius 2 is 2.21 bits per heavy atom. The molecular formula is C14H16BrN3O. The second-order valence-electron chi connectivity index (χ2n) is 4.41. The van der Waals surface area contributed by atoms with Crippen LogP contribution in [0.25, 0.3) is 10.9 Å². The largest absolute Gasteiger partial charge is 0.361 e. The van der Waals surface area contributed by atoms with E-state index in [9.17, 15) is 4.79 Å². The molecule has 1 aromatic heterocycles. The van der Waals surface area contributed by atoms with Crippen LogP contribution in [0.5, 0.6) is 0 Å². The van der Waals surface area contributed by atoms with Crippen LogP contribution in [0.1, 0.15) is 5.56 Å². The molecule has 0 saturated carbocycles. The lowest BCUT2D eigenvalue weighted by molar-refractivity contribution is -0.122. The molecule has 2 aromatic rings. The van der Waals surface area contributed by atoms with E-state index in [0.29, 0.717) is 13.0 Å².